The van der Waals surface area contributed by atoms with E-state index in [1.807, 2.05) is 12.5 Å². The summed E-state index contributed by atoms with van der Waals surface area (Å²) in [6.45, 7) is 7.47. The first-order chi connectivity index (χ1) is 9.56. The summed E-state index contributed by atoms with van der Waals surface area (Å²) in [7, 11) is 0. The van der Waals surface area contributed by atoms with Gasteiger partial charge in [0.25, 0.3) is 0 Å². The van der Waals surface area contributed by atoms with Crippen LogP contribution < -0.4 is 5.73 Å². The molecule has 2 rings (SSSR count). The molecule has 1 aromatic heterocycles. The molecular weight excluding hydrogens is 246 g/mol. The summed E-state index contributed by atoms with van der Waals surface area (Å²) in [5.41, 5.74) is 10.1. The van der Waals surface area contributed by atoms with Gasteiger partial charge in [-0.3, -0.25) is 0 Å². The lowest BCUT2D eigenvalue weighted by Gasteiger charge is -2.16. The Balaban J connectivity index is 2.02. The Morgan fingerprint density at radius 2 is 2.10 bits per heavy atom. The van der Waals surface area contributed by atoms with Crippen LogP contribution in [0.15, 0.2) is 36.8 Å². The van der Waals surface area contributed by atoms with Gasteiger partial charge in [0.2, 0.25) is 0 Å². The molecule has 0 spiro atoms. The Morgan fingerprint density at radius 1 is 1.30 bits per heavy atom. The number of aryl methyl sites for hydroxylation is 3. The van der Waals surface area contributed by atoms with Gasteiger partial charge in [-0.05, 0) is 31.2 Å². The van der Waals surface area contributed by atoms with Crippen molar-refractivity contribution in [3.8, 4) is 0 Å². The molecule has 108 valence electrons. The minimum atomic E-state index is 0.0787. The van der Waals surface area contributed by atoms with Crippen LogP contribution in [0.4, 0.5) is 0 Å². The van der Waals surface area contributed by atoms with E-state index in [2.05, 4.69) is 54.6 Å². The standard InChI is InChI=1S/C17H25N3/c1-13(2)9-16(18)17-11-19-12-20(17)8-7-15-6-4-5-14(3)10-15/h4-6,10-13,16H,7-9,18H2,1-3H3. The van der Waals surface area contributed by atoms with E-state index in [1.54, 1.807) is 0 Å². The van der Waals surface area contributed by atoms with Crippen LogP contribution in [0.1, 0.15) is 43.1 Å². The Hall–Kier alpha value is -1.61. The molecule has 0 amide bonds. The van der Waals surface area contributed by atoms with E-state index in [9.17, 15) is 0 Å². The monoisotopic (exact) mass is 271 g/mol. The van der Waals surface area contributed by atoms with Crippen molar-refractivity contribution in [1.29, 1.82) is 0 Å². The third kappa shape index (κ3) is 3.94. The molecule has 20 heavy (non-hydrogen) atoms. The highest BCUT2D eigenvalue weighted by molar-refractivity contribution is 5.22. The van der Waals surface area contributed by atoms with E-state index in [1.165, 1.54) is 11.1 Å². The number of aromatic nitrogens is 2. The lowest BCUT2D eigenvalue weighted by Crippen LogP contribution is -2.17. The van der Waals surface area contributed by atoms with E-state index in [0.29, 0.717) is 5.92 Å². The molecule has 0 saturated carbocycles. The van der Waals surface area contributed by atoms with Crippen molar-refractivity contribution in [3.05, 3.63) is 53.6 Å². The van der Waals surface area contributed by atoms with Crippen molar-refractivity contribution in [2.45, 2.75) is 46.2 Å². The number of imidazole rings is 1. The Bertz CT molecular complexity index is 543. The van der Waals surface area contributed by atoms with Gasteiger partial charge in [-0.1, -0.05) is 43.7 Å². The van der Waals surface area contributed by atoms with E-state index >= 15 is 0 Å². The van der Waals surface area contributed by atoms with Gasteiger partial charge in [0, 0.05) is 18.8 Å². The summed E-state index contributed by atoms with van der Waals surface area (Å²) in [4.78, 5) is 4.26. The summed E-state index contributed by atoms with van der Waals surface area (Å²) < 4.78 is 2.19. The van der Waals surface area contributed by atoms with Crippen molar-refractivity contribution < 1.29 is 0 Å². The van der Waals surface area contributed by atoms with Crippen LogP contribution >= 0.6 is 0 Å². The summed E-state index contributed by atoms with van der Waals surface area (Å²) in [6.07, 6.45) is 5.81. The van der Waals surface area contributed by atoms with Crippen LogP contribution in [0, 0.1) is 12.8 Å². The summed E-state index contributed by atoms with van der Waals surface area (Å²) in [5.74, 6) is 0.602. The molecule has 0 aliphatic rings. The fraction of sp³-hybridized carbons (Fsp3) is 0.471. The van der Waals surface area contributed by atoms with Gasteiger partial charge < -0.3 is 10.3 Å². The first-order valence-electron chi connectivity index (χ1n) is 7.37. The molecule has 1 aromatic carbocycles. The van der Waals surface area contributed by atoms with Crippen molar-refractivity contribution in [1.82, 2.24) is 9.55 Å². The SMILES string of the molecule is Cc1cccc(CCn2cncc2C(N)CC(C)C)c1. The van der Waals surface area contributed by atoms with Gasteiger partial charge in [0.05, 0.1) is 12.0 Å². The topological polar surface area (TPSA) is 43.8 Å². The second-order valence-corrected chi connectivity index (χ2v) is 5.99. The minimum absolute atomic E-state index is 0.0787. The Kier molecular flexibility index (Phi) is 4.96. The van der Waals surface area contributed by atoms with Crippen LogP contribution in [0.2, 0.25) is 0 Å². The maximum atomic E-state index is 6.27. The molecule has 1 atom stereocenters. The fourth-order valence-corrected chi connectivity index (χ4v) is 2.57. The quantitative estimate of drug-likeness (QED) is 0.874. The predicted molar refractivity (Wildman–Crippen MR) is 83.5 cm³/mol. The second kappa shape index (κ2) is 6.71. The van der Waals surface area contributed by atoms with Crippen LogP contribution in [0.3, 0.4) is 0 Å². The van der Waals surface area contributed by atoms with Crippen molar-refractivity contribution in [2.75, 3.05) is 0 Å². The summed E-state index contributed by atoms with van der Waals surface area (Å²) in [5, 5.41) is 0. The summed E-state index contributed by atoms with van der Waals surface area (Å²) >= 11 is 0. The van der Waals surface area contributed by atoms with Crippen LogP contribution in [-0.2, 0) is 13.0 Å². The molecule has 3 nitrogen and oxygen atoms in total. The normalized spacial score (nSPS) is 12.8. The van der Waals surface area contributed by atoms with Crippen molar-refractivity contribution in [2.24, 2.45) is 11.7 Å². The highest BCUT2D eigenvalue weighted by Gasteiger charge is 2.13. The molecule has 0 bridgehead atoms. The number of nitrogens with two attached hydrogens (primary N) is 1. The number of nitrogens with zero attached hydrogens (tertiary/aromatic N) is 2. The largest absolute Gasteiger partial charge is 0.333 e. The minimum Gasteiger partial charge on any atom is -0.333 e. The Morgan fingerprint density at radius 3 is 2.80 bits per heavy atom. The smallest absolute Gasteiger partial charge is 0.0948 e. The third-order valence-corrected chi connectivity index (χ3v) is 3.57. The lowest BCUT2D eigenvalue weighted by atomic mass is 10.0. The van der Waals surface area contributed by atoms with Crippen molar-refractivity contribution >= 4 is 0 Å². The maximum absolute atomic E-state index is 6.27. The average molecular weight is 271 g/mol. The fourth-order valence-electron chi connectivity index (χ4n) is 2.57. The third-order valence-electron chi connectivity index (χ3n) is 3.57. The number of hydrogen-bond donors (Lipinski definition) is 1. The first kappa shape index (κ1) is 14.8. The molecule has 0 fully saturated rings. The maximum Gasteiger partial charge on any atom is 0.0948 e. The molecule has 3 heteroatoms. The van der Waals surface area contributed by atoms with Crippen LogP contribution in [0.25, 0.3) is 0 Å². The number of rotatable bonds is 6. The second-order valence-electron chi connectivity index (χ2n) is 5.99. The van der Waals surface area contributed by atoms with Gasteiger partial charge in [0.1, 0.15) is 0 Å². The molecule has 2 N–H and O–H groups in total. The van der Waals surface area contributed by atoms with Crippen molar-refractivity contribution in [3.63, 3.8) is 0 Å². The zero-order chi connectivity index (χ0) is 14.5. The van der Waals surface area contributed by atoms with Gasteiger partial charge in [-0.25, -0.2) is 4.98 Å². The zero-order valence-electron chi connectivity index (χ0n) is 12.7. The van der Waals surface area contributed by atoms with Gasteiger partial charge in [-0.15, -0.1) is 0 Å². The zero-order valence-corrected chi connectivity index (χ0v) is 12.7. The van der Waals surface area contributed by atoms with E-state index in [-0.39, 0.29) is 6.04 Å². The number of hydrogen-bond acceptors (Lipinski definition) is 2. The van der Waals surface area contributed by atoms with Crippen LogP contribution in [0.5, 0.6) is 0 Å². The van der Waals surface area contributed by atoms with Crippen LogP contribution in [-0.4, -0.2) is 9.55 Å². The molecule has 0 saturated heterocycles. The van der Waals surface area contributed by atoms with E-state index in [0.717, 1.165) is 25.1 Å². The highest BCUT2D eigenvalue weighted by atomic mass is 15.1. The molecule has 0 aliphatic carbocycles. The lowest BCUT2D eigenvalue weighted by molar-refractivity contribution is 0.483. The Labute approximate surface area is 121 Å². The molecule has 1 unspecified atom stereocenters. The average Bonchev–Trinajstić information content (AvgIpc) is 2.84. The van der Waals surface area contributed by atoms with Gasteiger partial charge >= 0.3 is 0 Å². The predicted octanol–water partition coefficient (Wildman–Crippen LogP) is 3.48. The molecule has 1 heterocycles. The molecule has 0 radical (unpaired) electrons. The van der Waals surface area contributed by atoms with Gasteiger partial charge in [0.15, 0.2) is 0 Å². The van der Waals surface area contributed by atoms with Gasteiger partial charge in [-0.2, -0.15) is 0 Å². The first-order valence-corrected chi connectivity index (χ1v) is 7.37. The van der Waals surface area contributed by atoms with E-state index in [4.69, 9.17) is 5.73 Å². The highest BCUT2D eigenvalue weighted by Crippen LogP contribution is 2.18. The summed E-state index contributed by atoms with van der Waals surface area (Å²) in [6, 6.07) is 8.74. The molecular formula is C17H25N3. The number of benzene rings is 1. The molecule has 2 aromatic rings. The molecule has 0 aliphatic heterocycles. The van der Waals surface area contributed by atoms with E-state index < -0.39 is 0 Å².